The number of thiophene rings is 1. The van der Waals surface area contributed by atoms with Gasteiger partial charge in [0.2, 0.25) is 5.89 Å². The molecule has 3 aromatic rings. The van der Waals surface area contributed by atoms with Gasteiger partial charge in [0.25, 0.3) is 0 Å². The lowest BCUT2D eigenvalue weighted by atomic mass is 10.2. The molecule has 3 rings (SSSR count). The maximum atomic E-state index is 11.0. The molecule has 3 heterocycles. The van der Waals surface area contributed by atoms with E-state index in [9.17, 15) is 4.79 Å². The van der Waals surface area contributed by atoms with Gasteiger partial charge in [-0.2, -0.15) is 0 Å². The van der Waals surface area contributed by atoms with E-state index in [1.54, 1.807) is 18.3 Å². The number of carbonyl (C=O) groups is 1. The lowest BCUT2D eigenvalue weighted by Crippen LogP contribution is -2.01. The second kappa shape index (κ2) is 5.90. The van der Waals surface area contributed by atoms with Crippen molar-refractivity contribution in [2.24, 2.45) is 0 Å². The molecule has 5 nitrogen and oxygen atoms in total. The summed E-state index contributed by atoms with van der Waals surface area (Å²) in [6.45, 7) is 1.88. The van der Waals surface area contributed by atoms with Gasteiger partial charge in [-0.25, -0.2) is 4.98 Å². The fourth-order valence-corrected chi connectivity index (χ4v) is 3.01. The van der Waals surface area contributed by atoms with Crippen LogP contribution in [0.4, 0.5) is 0 Å². The number of nitrogens with zero attached hydrogens (tertiary/aromatic N) is 2. The highest BCUT2D eigenvalue weighted by Gasteiger charge is 2.20. The molecule has 0 amide bonds. The molecule has 7 heteroatoms. The summed E-state index contributed by atoms with van der Waals surface area (Å²) in [5.74, 6) is -0.177. The Balaban J connectivity index is 2.07. The van der Waals surface area contributed by atoms with Crippen molar-refractivity contribution in [3.05, 3.63) is 46.2 Å². The number of pyridine rings is 1. The van der Waals surface area contributed by atoms with Gasteiger partial charge in [0.1, 0.15) is 0 Å². The average Bonchev–Trinajstić information content (AvgIpc) is 3.05. The number of carboxylic acid groups (broad SMARTS) is 1. The van der Waals surface area contributed by atoms with Gasteiger partial charge in [0.05, 0.1) is 26.9 Å². The molecule has 0 spiro atoms. The van der Waals surface area contributed by atoms with Crippen LogP contribution < -0.4 is 0 Å². The number of aromatic nitrogens is 2. The first-order chi connectivity index (χ1) is 10.5. The fourth-order valence-electron chi connectivity index (χ4n) is 1.96. The second-order valence-corrected chi connectivity index (χ2v) is 6.37. The van der Waals surface area contributed by atoms with Gasteiger partial charge in [0.15, 0.2) is 5.76 Å². The van der Waals surface area contributed by atoms with Crippen LogP contribution in [0.3, 0.4) is 0 Å². The van der Waals surface area contributed by atoms with E-state index in [0.717, 1.165) is 10.6 Å². The first-order valence-corrected chi connectivity index (χ1v) is 7.62. The van der Waals surface area contributed by atoms with Gasteiger partial charge in [-0.15, -0.1) is 11.3 Å². The van der Waals surface area contributed by atoms with Crippen LogP contribution >= 0.6 is 22.9 Å². The van der Waals surface area contributed by atoms with Crippen molar-refractivity contribution < 1.29 is 14.3 Å². The van der Waals surface area contributed by atoms with E-state index in [1.807, 2.05) is 19.1 Å². The molecule has 0 radical (unpaired) electrons. The SMILES string of the molecule is Cc1ccc(-c2nc(CC(=O)O)c(-c3ccc(Cl)s3)o2)cn1. The zero-order valence-corrected chi connectivity index (χ0v) is 13.1. The summed E-state index contributed by atoms with van der Waals surface area (Å²) in [5.41, 5.74) is 1.96. The Morgan fingerprint density at radius 1 is 1.36 bits per heavy atom. The highest BCUT2D eigenvalue weighted by atomic mass is 35.5. The van der Waals surface area contributed by atoms with Crippen LogP contribution in [0, 0.1) is 6.92 Å². The normalized spacial score (nSPS) is 10.8. The van der Waals surface area contributed by atoms with Crippen molar-refractivity contribution in [1.82, 2.24) is 9.97 Å². The van der Waals surface area contributed by atoms with E-state index in [2.05, 4.69) is 9.97 Å². The third-order valence-electron chi connectivity index (χ3n) is 2.97. The molecule has 0 saturated carbocycles. The summed E-state index contributed by atoms with van der Waals surface area (Å²) in [6.07, 6.45) is 1.44. The number of aryl methyl sites for hydroxylation is 1. The number of hydrogen-bond acceptors (Lipinski definition) is 5. The first kappa shape index (κ1) is 14.7. The van der Waals surface area contributed by atoms with Gasteiger partial charge in [-0.1, -0.05) is 11.6 Å². The van der Waals surface area contributed by atoms with Crippen molar-refractivity contribution in [3.8, 4) is 22.1 Å². The number of halogens is 1. The molecule has 0 aliphatic rings. The highest BCUT2D eigenvalue weighted by molar-refractivity contribution is 7.19. The Morgan fingerprint density at radius 2 is 2.18 bits per heavy atom. The smallest absolute Gasteiger partial charge is 0.309 e. The predicted octanol–water partition coefficient (Wildman–Crippen LogP) is 4.05. The van der Waals surface area contributed by atoms with Crippen LogP contribution in [0.5, 0.6) is 0 Å². The second-order valence-electron chi connectivity index (χ2n) is 4.66. The lowest BCUT2D eigenvalue weighted by Gasteiger charge is -1.95. The quantitative estimate of drug-likeness (QED) is 0.778. The largest absolute Gasteiger partial charge is 0.481 e. The molecule has 0 aromatic carbocycles. The van der Waals surface area contributed by atoms with Crippen molar-refractivity contribution >= 4 is 28.9 Å². The molecule has 0 aliphatic carbocycles. The summed E-state index contributed by atoms with van der Waals surface area (Å²) < 4.78 is 6.38. The number of rotatable bonds is 4. The van der Waals surface area contributed by atoms with Gasteiger partial charge in [0, 0.05) is 11.9 Å². The minimum Gasteiger partial charge on any atom is -0.481 e. The molecule has 0 saturated heterocycles. The van der Waals surface area contributed by atoms with E-state index >= 15 is 0 Å². The Hall–Kier alpha value is -2.18. The molecule has 0 aliphatic heterocycles. The van der Waals surface area contributed by atoms with Crippen molar-refractivity contribution in [1.29, 1.82) is 0 Å². The van der Waals surface area contributed by atoms with Crippen LogP contribution in [-0.2, 0) is 11.2 Å². The Bertz CT molecular complexity index is 824. The maximum Gasteiger partial charge on any atom is 0.309 e. The molecule has 0 unspecified atom stereocenters. The molecule has 112 valence electrons. The van der Waals surface area contributed by atoms with Crippen LogP contribution in [0.2, 0.25) is 4.34 Å². The number of carboxylic acids is 1. The molecule has 0 bridgehead atoms. The van der Waals surface area contributed by atoms with E-state index < -0.39 is 5.97 Å². The summed E-state index contributed by atoms with van der Waals surface area (Å²) >= 11 is 7.26. The number of aliphatic carboxylic acids is 1. The van der Waals surface area contributed by atoms with Crippen LogP contribution in [0.15, 0.2) is 34.9 Å². The van der Waals surface area contributed by atoms with Crippen molar-refractivity contribution in [2.75, 3.05) is 0 Å². The van der Waals surface area contributed by atoms with Crippen molar-refractivity contribution in [3.63, 3.8) is 0 Å². The Morgan fingerprint density at radius 3 is 2.77 bits per heavy atom. The van der Waals surface area contributed by atoms with Gasteiger partial charge < -0.3 is 9.52 Å². The third kappa shape index (κ3) is 3.03. The number of hydrogen-bond donors (Lipinski definition) is 1. The minimum atomic E-state index is -0.967. The zero-order chi connectivity index (χ0) is 15.7. The maximum absolute atomic E-state index is 11.0. The molecular weight excluding hydrogens is 324 g/mol. The molecule has 1 N–H and O–H groups in total. The lowest BCUT2D eigenvalue weighted by molar-refractivity contribution is -0.136. The Kier molecular flexibility index (Phi) is 3.96. The standard InChI is InChI=1S/C15H11ClN2O3S/c1-8-2-3-9(7-17-8)15-18-10(6-13(19)20)14(21-15)11-4-5-12(16)22-11/h2-5,7H,6H2,1H3,(H,19,20). The monoisotopic (exact) mass is 334 g/mol. The summed E-state index contributed by atoms with van der Waals surface area (Å²) in [4.78, 5) is 20.3. The predicted molar refractivity (Wildman–Crippen MR) is 84.1 cm³/mol. The van der Waals surface area contributed by atoms with E-state index in [1.165, 1.54) is 11.3 Å². The first-order valence-electron chi connectivity index (χ1n) is 6.43. The molecule has 0 fully saturated rings. The number of oxazole rings is 1. The van der Waals surface area contributed by atoms with E-state index in [4.69, 9.17) is 21.1 Å². The van der Waals surface area contributed by atoms with E-state index in [-0.39, 0.29) is 6.42 Å². The Labute approximate surface area is 135 Å². The molecule has 3 aromatic heterocycles. The molecule has 22 heavy (non-hydrogen) atoms. The van der Waals surface area contributed by atoms with Crippen molar-refractivity contribution in [2.45, 2.75) is 13.3 Å². The topological polar surface area (TPSA) is 76.2 Å². The summed E-state index contributed by atoms with van der Waals surface area (Å²) in [7, 11) is 0. The fraction of sp³-hybridized carbons (Fsp3) is 0.133. The average molecular weight is 335 g/mol. The molecular formula is C15H11ClN2O3S. The van der Waals surface area contributed by atoms with Crippen LogP contribution in [-0.4, -0.2) is 21.0 Å². The van der Waals surface area contributed by atoms with Gasteiger partial charge in [-0.3, -0.25) is 9.78 Å². The van der Waals surface area contributed by atoms with Crippen LogP contribution in [0.25, 0.3) is 22.1 Å². The molecule has 0 atom stereocenters. The summed E-state index contributed by atoms with van der Waals surface area (Å²) in [5, 5.41) is 9.04. The van der Waals surface area contributed by atoms with Crippen LogP contribution in [0.1, 0.15) is 11.4 Å². The third-order valence-corrected chi connectivity index (χ3v) is 4.20. The zero-order valence-electron chi connectivity index (χ0n) is 11.5. The van der Waals surface area contributed by atoms with Gasteiger partial charge in [-0.05, 0) is 31.2 Å². The highest BCUT2D eigenvalue weighted by Crippen LogP contribution is 2.36. The van der Waals surface area contributed by atoms with E-state index in [0.29, 0.717) is 27.2 Å². The summed E-state index contributed by atoms with van der Waals surface area (Å²) in [6, 6.07) is 7.21. The minimum absolute atomic E-state index is 0.215. The van der Waals surface area contributed by atoms with Gasteiger partial charge >= 0.3 is 5.97 Å².